The lowest BCUT2D eigenvalue weighted by Crippen LogP contribution is -2.17. The minimum absolute atomic E-state index is 0.0585. The number of hydrogen-bond donors (Lipinski definition) is 1. The normalized spacial score (nSPS) is 16.6. The molecule has 1 atom stereocenters. The number of phenols is 1. The summed E-state index contributed by atoms with van der Waals surface area (Å²) in [5.74, 6) is -0.0859. The molecular formula is C17H19ClO3. The van der Waals surface area contributed by atoms with Gasteiger partial charge in [0.2, 0.25) is 0 Å². The summed E-state index contributed by atoms with van der Waals surface area (Å²) in [5, 5.41) is 10.0. The van der Waals surface area contributed by atoms with Crippen LogP contribution in [-0.4, -0.2) is 17.7 Å². The minimum atomic E-state index is -0.208. The molecule has 1 aromatic rings. The molecule has 4 heteroatoms. The van der Waals surface area contributed by atoms with Crippen LogP contribution in [0.2, 0.25) is 5.02 Å². The van der Waals surface area contributed by atoms with Crippen LogP contribution in [0.5, 0.6) is 5.75 Å². The van der Waals surface area contributed by atoms with Gasteiger partial charge < -0.3 is 9.84 Å². The number of carbonyl (C=O) groups excluding carboxylic acids is 1. The summed E-state index contributed by atoms with van der Waals surface area (Å²) < 4.78 is 5.09. The number of cyclic esters (lactones) is 1. The predicted molar refractivity (Wildman–Crippen MR) is 83.6 cm³/mol. The highest BCUT2D eigenvalue weighted by molar-refractivity contribution is 6.32. The van der Waals surface area contributed by atoms with E-state index in [2.05, 4.69) is 6.58 Å². The molecule has 0 fully saturated rings. The summed E-state index contributed by atoms with van der Waals surface area (Å²) in [6.07, 6.45) is 4.02. The van der Waals surface area contributed by atoms with Crippen molar-refractivity contribution in [3.05, 3.63) is 52.6 Å². The molecule has 3 nitrogen and oxygen atoms in total. The van der Waals surface area contributed by atoms with Crippen molar-refractivity contribution in [2.24, 2.45) is 0 Å². The predicted octanol–water partition coefficient (Wildman–Crippen LogP) is 4.36. The van der Waals surface area contributed by atoms with Crippen LogP contribution >= 0.6 is 11.6 Å². The maximum atomic E-state index is 11.8. The molecule has 1 heterocycles. The molecule has 0 radical (unpaired) electrons. The van der Waals surface area contributed by atoms with Crippen LogP contribution in [-0.2, 0) is 9.53 Å². The quantitative estimate of drug-likeness (QED) is 0.649. The van der Waals surface area contributed by atoms with E-state index in [4.69, 9.17) is 16.3 Å². The molecule has 1 unspecified atom stereocenters. The van der Waals surface area contributed by atoms with Gasteiger partial charge in [0.1, 0.15) is 5.75 Å². The Morgan fingerprint density at radius 3 is 2.90 bits per heavy atom. The Balaban J connectivity index is 2.11. The number of phenolic OH excluding ortho intramolecular Hbond substituents is 1. The van der Waals surface area contributed by atoms with Crippen LogP contribution < -0.4 is 0 Å². The zero-order valence-corrected chi connectivity index (χ0v) is 12.8. The van der Waals surface area contributed by atoms with E-state index in [0.717, 1.165) is 29.6 Å². The van der Waals surface area contributed by atoms with Crippen molar-refractivity contribution in [2.75, 3.05) is 6.61 Å². The lowest BCUT2D eigenvalue weighted by Gasteiger charge is -2.19. The van der Waals surface area contributed by atoms with Crippen molar-refractivity contribution in [3.8, 4) is 5.75 Å². The van der Waals surface area contributed by atoms with Crippen molar-refractivity contribution in [2.45, 2.75) is 32.1 Å². The van der Waals surface area contributed by atoms with Gasteiger partial charge in [-0.25, -0.2) is 4.79 Å². The lowest BCUT2D eigenvalue weighted by atomic mass is 9.90. The van der Waals surface area contributed by atoms with Crippen LogP contribution in [0.1, 0.15) is 37.7 Å². The van der Waals surface area contributed by atoms with Gasteiger partial charge in [0.15, 0.2) is 0 Å². The number of aromatic hydroxyl groups is 1. The van der Waals surface area contributed by atoms with E-state index in [0.29, 0.717) is 18.1 Å². The maximum absolute atomic E-state index is 11.8. The first-order valence-electron chi connectivity index (χ1n) is 6.99. The fourth-order valence-corrected chi connectivity index (χ4v) is 2.62. The SMILES string of the molecule is C=CC(CCC1=C(C)CCOC1=O)c1ccc(Cl)c(O)c1. The number of allylic oxidation sites excluding steroid dienone is 1. The number of rotatable bonds is 5. The van der Waals surface area contributed by atoms with Crippen LogP contribution in [0.25, 0.3) is 0 Å². The largest absolute Gasteiger partial charge is 0.506 e. The Morgan fingerprint density at radius 2 is 2.29 bits per heavy atom. The van der Waals surface area contributed by atoms with Crippen molar-refractivity contribution >= 4 is 17.6 Å². The van der Waals surface area contributed by atoms with Gasteiger partial charge in [0.25, 0.3) is 0 Å². The molecule has 1 aliphatic heterocycles. The highest BCUT2D eigenvalue weighted by Crippen LogP contribution is 2.32. The van der Waals surface area contributed by atoms with E-state index < -0.39 is 0 Å². The zero-order chi connectivity index (χ0) is 15.4. The van der Waals surface area contributed by atoms with Crippen LogP contribution in [0.4, 0.5) is 0 Å². The maximum Gasteiger partial charge on any atom is 0.333 e. The molecule has 21 heavy (non-hydrogen) atoms. The molecule has 0 aromatic heterocycles. The fraction of sp³-hybridized carbons (Fsp3) is 0.353. The molecule has 0 bridgehead atoms. The van der Waals surface area contributed by atoms with Gasteiger partial charge in [0, 0.05) is 17.9 Å². The first-order valence-corrected chi connectivity index (χ1v) is 7.37. The summed E-state index contributed by atoms with van der Waals surface area (Å²) in [7, 11) is 0. The van der Waals surface area contributed by atoms with E-state index in [1.165, 1.54) is 0 Å². The molecule has 1 aromatic carbocycles. The summed E-state index contributed by atoms with van der Waals surface area (Å²) >= 11 is 5.82. The topological polar surface area (TPSA) is 46.5 Å². The van der Waals surface area contributed by atoms with E-state index >= 15 is 0 Å². The van der Waals surface area contributed by atoms with Crippen LogP contribution in [0.15, 0.2) is 42.0 Å². The zero-order valence-electron chi connectivity index (χ0n) is 12.1. The molecule has 112 valence electrons. The number of halogens is 1. The average Bonchev–Trinajstić information content (AvgIpc) is 2.46. The highest BCUT2D eigenvalue weighted by Gasteiger charge is 2.20. The van der Waals surface area contributed by atoms with Crippen molar-refractivity contribution in [3.63, 3.8) is 0 Å². The van der Waals surface area contributed by atoms with Gasteiger partial charge in [0.05, 0.1) is 11.6 Å². The van der Waals surface area contributed by atoms with E-state index in [1.54, 1.807) is 12.1 Å². The Kier molecular flexibility index (Phi) is 5.07. The third-order valence-electron chi connectivity index (χ3n) is 3.86. The smallest absolute Gasteiger partial charge is 0.333 e. The molecule has 2 rings (SSSR count). The first kappa shape index (κ1) is 15.6. The van der Waals surface area contributed by atoms with E-state index in [1.807, 2.05) is 19.1 Å². The van der Waals surface area contributed by atoms with Crippen LogP contribution in [0.3, 0.4) is 0 Å². The third kappa shape index (κ3) is 3.67. The Bertz CT molecular complexity index is 590. The number of benzene rings is 1. The molecule has 1 aliphatic rings. The summed E-state index contributed by atoms with van der Waals surface area (Å²) in [6.45, 7) is 6.30. The molecule has 1 N–H and O–H groups in total. The summed E-state index contributed by atoms with van der Waals surface area (Å²) in [5.41, 5.74) is 2.81. The molecule has 0 amide bonds. The second kappa shape index (κ2) is 6.81. The third-order valence-corrected chi connectivity index (χ3v) is 4.18. The Hall–Kier alpha value is -1.74. The minimum Gasteiger partial charge on any atom is -0.506 e. The van der Waals surface area contributed by atoms with E-state index in [9.17, 15) is 9.90 Å². The molecule has 0 aliphatic carbocycles. The number of carbonyl (C=O) groups is 1. The van der Waals surface area contributed by atoms with Gasteiger partial charge >= 0.3 is 5.97 Å². The van der Waals surface area contributed by atoms with Gasteiger partial charge in [-0.3, -0.25) is 0 Å². The summed E-state index contributed by atoms with van der Waals surface area (Å²) in [4.78, 5) is 11.8. The average molecular weight is 307 g/mol. The monoisotopic (exact) mass is 306 g/mol. The Labute approximate surface area is 129 Å². The summed E-state index contributed by atoms with van der Waals surface area (Å²) in [6, 6.07) is 5.19. The highest BCUT2D eigenvalue weighted by atomic mass is 35.5. The molecular weight excluding hydrogens is 288 g/mol. The molecule has 0 saturated carbocycles. The second-order valence-corrected chi connectivity index (χ2v) is 5.64. The number of esters is 1. The standard InChI is InChI=1S/C17H19ClO3/c1-3-12(13-5-7-15(18)16(19)10-13)4-6-14-11(2)8-9-21-17(14)20/h3,5,7,10,12,19H,1,4,6,8-9H2,2H3. The first-order chi connectivity index (χ1) is 10.0. The fourth-order valence-electron chi connectivity index (χ4n) is 2.51. The second-order valence-electron chi connectivity index (χ2n) is 5.24. The van der Waals surface area contributed by atoms with Crippen LogP contribution in [0, 0.1) is 0 Å². The van der Waals surface area contributed by atoms with Gasteiger partial charge in [-0.05, 0) is 37.5 Å². The number of ether oxygens (including phenoxy) is 1. The van der Waals surface area contributed by atoms with Gasteiger partial charge in [-0.2, -0.15) is 0 Å². The molecule has 0 saturated heterocycles. The lowest BCUT2D eigenvalue weighted by molar-refractivity contribution is -0.140. The van der Waals surface area contributed by atoms with Crippen molar-refractivity contribution < 1.29 is 14.6 Å². The van der Waals surface area contributed by atoms with E-state index in [-0.39, 0.29) is 17.6 Å². The number of hydrogen-bond acceptors (Lipinski definition) is 3. The van der Waals surface area contributed by atoms with Gasteiger partial charge in [-0.15, -0.1) is 6.58 Å². The van der Waals surface area contributed by atoms with Crippen molar-refractivity contribution in [1.82, 2.24) is 0 Å². The molecule has 0 spiro atoms. The van der Waals surface area contributed by atoms with Gasteiger partial charge in [-0.1, -0.05) is 29.3 Å². The van der Waals surface area contributed by atoms with Crippen molar-refractivity contribution in [1.29, 1.82) is 0 Å². The Morgan fingerprint density at radius 1 is 1.52 bits per heavy atom.